The van der Waals surface area contributed by atoms with Crippen molar-refractivity contribution < 1.29 is 9.53 Å². The molecule has 2 aromatic carbocycles. The summed E-state index contributed by atoms with van der Waals surface area (Å²) in [5.41, 5.74) is 12.5. The van der Waals surface area contributed by atoms with Gasteiger partial charge in [-0.2, -0.15) is 10.2 Å². The van der Waals surface area contributed by atoms with Gasteiger partial charge in [0.15, 0.2) is 17.1 Å². The Bertz CT molecular complexity index is 2250. The number of halogens is 1. The van der Waals surface area contributed by atoms with Gasteiger partial charge in [-0.1, -0.05) is 46.3 Å². The van der Waals surface area contributed by atoms with Gasteiger partial charge in [-0.05, 0) is 63.9 Å². The number of Topliss-reactive ketones (excluding diaryl/α,β-unsaturated/α-hetero) is 1. The number of nitrogens with zero attached hydrogens (tertiary/aromatic N) is 8. The maximum Gasteiger partial charge on any atom is -0.344 e. The smallest absolute Gasteiger partial charge is 0.344 e. The Hall–Kier alpha value is -3.79. The molecule has 0 aliphatic heterocycles. The molecule has 14 heteroatoms. The summed E-state index contributed by atoms with van der Waals surface area (Å²) in [4.78, 5) is 28.4. The maximum absolute atomic E-state index is 11.5. The van der Waals surface area contributed by atoms with Gasteiger partial charge in [-0.3, -0.25) is 4.79 Å². The van der Waals surface area contributed by atoms with Crippen LogP contribution in [0.5, 0.6) is 0 Å². The minimum Gasteiger partial charge on any atom is -0.344 e. The number of ether oxygens (including phenoxy) is 1. The minimum absolute atomic E-state index is 0. The van der Waals surface area contributed by atoms with Crippen LogP contribution < -0.4 is 11.9 Å². The van der Waals surface area contributed by atoms with Crippen molar-refractivity contribution in [2.75, 3.05) is 12.3 Å². The van der Waals surface area contributed by atoms with Crippen LogP contribution >= 0.6 is 15.9 Å². The number of unbranched alkanes of at least 4 members (excludes halogenated alkanes) is 3. The summed E-state index contributed by atoms with van der Waals surface area (Å²) >= 11 is 1.44. The second kappa shape index (κ2) is 26.1. The molecule has 6 aromatic rings. The van der Waals surface area contributed by atoms with Crippen molar-refractivity contribution in [3.63, 3.8) is 0 Å². The van der Waals surface area contributed by atoms with Gasteiger partial charge >= 0.3 is 120 Å². The summed E-state index contributed by atoms with van der Waals surface area (Å²) in [7, 11) is 0. The molecule has 0 fully saturated rings. The number of ketones is 1. The normalized spacial score (nSPS) is 11.9. The molecule has 5 N–H and O–H groups in total. The molecule has 1 atom stereocenters. The number of rotatable bonds is 19. The number of carbonyl (C=O) groups excluding carboxylic acids is 1. The predicted molar refractivity (Wildman–Crippen MR) is 263 cm³/mol. The number of nitrogens with two attached hydrogens (primary N) is 1. The number of benzene rings is 2. The fourth-order valence-corrected chi connectivity index (χ4v) is 24.5. The van der Waals surface area contributed by atoms with Gasteiger partial charge in [0.25, 0.3) is 0 Å². The first-order chi connectivity index (χ1) is 29.3. The van der Waals surface area contributed by atoms with Gasteiger partial charge in [0, 0.05) is 41.2 Å². The van der Waals surface area contributed by atoms with Crippen LogP contribution in [0.2, 0.25) is 13.3 Å². The van der Waals surface area contributed by atoms with Crippen LogP contribution in [0.4, 0.5) is 5.82 Å². The predicted octanol–water partition coefficient (Wildman–Crippen LogP) is 12.5. The second-order valence-corrected chi connectivity index (χ2v) is 32.0. The molecule has 338 valence electrons. The second-order valence-electron chi connectivity index (χ2n) is 16.7. The third-order valence-electron chi connectivity index (χ3n) is 11.3. The van der Waals surface area contributed by atoms with Crippen molar-refractivity contribution in [2.45, 2.75) is 150 Å². The van der Waals surface area contributed by atoms with E-state index < -0.39 is 18.4 Å². The quantitative estimate of drug-likeness (QED) is 0.0587. The van der Waals surface area contributed by atoms with Gasteiger partial charge in [-0.25, -0.2) is 29.3 Å². The molecule has 0 aliphatic carbocycles. The van der Waals surface area contributed by atoms with Crippen molar-refractivity contribution in [2.24, 2.45) is 0 Å². The largest absolute Gasteiger partial charge is 0.344 e. The van der Waals surface area contributed by atoms with Gasteiger partial charge < -0.3 is 11.9 Å². The van der Waals surface area contributed by atoms with E-state index in [1.54, 1.807) is 32.8 Å². The van der Waals surface area contributed by atoms with Crippen molar-refractivity contribution in [1.29, 1.82) is 0 Å². The van der Waals surface area contributed by atoms with Crippen molar-refractivity contribution >= 4 is 68.0 Å². The van der Waals surface area contributed by atoms with Gasteiger partial charge in [0.1, 0.15) is 18.5 Å². The third-order valence-corrected chi connectivity index (χ3v) is 28.8. The van der Waals surface area contributed by atoms with E-state index in [-0.39, 0.29) is 24.0 Å². The molecular formula is C48H73BrN10O2Sn. The van der Waals surface area contributed by atoms with Crippen molar-refractivity contribution in [3.05, 3.63) is 99.9 Å². The Morgan fingerprint density at radius 3 is 1.87 bits per heavy atom. The van der Waals surface area contributed by atoms with Crippen LogP contribution in [0.1, 0.15) is 153 Å². The van der Waals surface area contributed by atoms with Crippen molar-refractivity contribution in [1.82, 2.24) is 45.6 Å². The monoisotopic (exact) mass is 1020 g/mol. The van der Waals surface area contributed by atoms with Gasteiger partial charge in [0.05, 0.1) is 22.2 Å². The van der Waals surface area contributed by atoms with E-state index in [1.807, 2.05) is 45.8 Å². The number of hydrogen-bond acceptors (Lipinski definition) is 10. The molecular weight excluding hydrogens is 947 g/mol. The fraction of sp³-hybridized carbons (Fsp3) is 0.521. The van der Waals surface area contributed by atoms with Crippen LogP contribution in [0.3, 0.4) is 0 Å². The number of carbonyl (C=O) groups is 1. The Kier molecular flexibility index (Phi) is 22.1. The molecule has 0 aliphatic rings. The molecule has 4 aromatic heterocycles. The Labute approximate surface area is 383 Å². The molecule has 0 amide bonds. The van der Waals surface area contributed by atoms with Crippen LogP contribution in [0, 0.1) is 0 Å². The third kappa shape index (κ3) is 14.4. The topological polar surface area (TPSA) is 175 Å². The molecule has 12 nitrogen and oxygen atoms in total. The average molecular weight is 1020 g/mol. The zero-order valence-corrected chi connectivity index (χ0v) is 43.6. The Morgan fingerprint density at radius 2 is 1.31 bits per heavy atom. The summed E-state index contributed by atoms with van der Waals surface area (Å²) in [6, 6.07) is 16.3. The molecule has 0 saturated heterocycles. The summed E-state index contributed by atoms with van der Waals surface area (Å²) < 4.78 is 16.3. The van der Waals surface area contributed by atoms with E-state index in [0.717, 1.165) is 55.7 Å². The summed E-state index contributed by atoms with van der Waals surface area (Å²) in [6.45, 7) is 22.4. The van der Waals surface area contributed by atoms with E-state index in [2.05, 4.69) is 115 Å². The first-order valence-electron chi connectivity index (χ1n) is 22.4. The molecule has 0 bridgehead atoms. The van der Waals surface area contributed by atoms with Crippen LogP contribution in [0.15, 0.2) is 71.9 Å². The van der Waals surface area contributed by atoms with Gasteiger partial charge in [0.2, 0.25) is 0 Å². The molecule has 0 spiro atoms. The molecule has 4 heterocycles. The fourth-order valence-electron chi connectivity index (χ4n) is 7.91. The number of nitrogen functional groups attached to an aromatic ring is 1. The number of fused-ring (bicyclic) bond motifs is 2. The zero-order valence-electron chi connectivity index (χ0n) is 39.1. The van der Waals surface area contributed by atoms with E-state index in [4.69, 9.17) is 15.6 Å². The van der Waals surface area contributed by atoms with Crippen molar-refractivity contribution in [3.8, 4) is 0 Å². The Morgan fingerprint density at radius 1 is 0.758 bits per heavy atom. The summed E-state index contributed by atoms with van der Waals surface area (Å²) in [5.74, 6) is 0.555. The first kappa shape index (κ1) is 52.6. The summed E-state index contributed by atoms with van der Waals surface area (Å²) in [6.07, 6.45) is 14.6. The molecule has 1 unspecified atom stereocenters. The number of hydrogen-bond donors (Lipinski definition) is 2. The summed E-state index contributed by atoms with van der Waals surface area (Å²) in [5, 5.41) is 11.2. The van der Waals surface area contributed by atoms with E-state index >= 15 is 0 Å². The van der Waals surface area contributed by atoms with E-state index in [9.17, 15) is 4.79 Å². The number of aromatic nitrogens is 8. The van der Waals surface area contributed by atoms with E-state index in [1.165, 1.54) is 50.4 Å². The number of anilines is 1. The zero-order chi connectivity index (χ0) is 44.5. The molecule has 62 heavy (non-hydrogen) atoms. The van der Waals surface area contributed by atoms with Crippen LogP contribution in [-0.2, 0) is 17.6 Å². The van der Waals surface area contributed by atoms with E-state index in [0.29, 0.717) is 22.8 Å². The van der Waals surface area contributed by atoms with Crippen LogP contribution in [0.25, 0.3) is 22.1 Å². The maximum atomic E-state index is 11.5. The average Bonchev–Trinajstić information content (AvgIpc) is 3.81. The first-order valence-corrected chi connectivity index (χ1v) is 30.9. The molecule has 0 saturated carbocycles. The standard InChI is InChI=1S/C17H18N4O.C15H16BrN5.C4H9O.3C4H9.H3N.Sn/c1-11(2)21-17-15(9-18-10-19-17)16(20-21)8-13-5-4-6-14(7-13)12(3)22;1-9(2)21-15-13(14(17)18-8-19-15)12(20-21)7-10-4-3-5-11(16)6-10;1-3-5-4-2;3*1-3-4-2;;/h4-7,9-11H,8H2,1-3H3;3-6,8-9H,7H2,1-2H3,(H2,17,18,19);3H,4H2,1-2H3;3*1,3-4H2,2H3;1H3;. The van der Waals surface area contributed by atoms with Gasteiger partial charge in [-0.15, -0.1) is 0 Å². The minimum atomic E-state index is -2.05. The Balaban J connectivity index is 0.000000248. The molecule has 0 radical (unpaired) electrons. The van der Waals surface area contributed by atoms with Crippen LogP contribution in [-0.4, -0.2) is 74.4 Å². The SMILES string of the molecule is CC(=O)c1cccc(Cc2nn(C(C)C)c3ncncc23)c1.CC(C)n1nc(Cc2cccc(Br)c2)c2c(N)ncnc21.CCC[CH2][Sn]([CH2]CCC)([CH2]CCC)[CH](C)OCC.N. The molecule has 6 rings (SSSR count).